The van der Waals surface area contributed by atoms with Crippen molar-refractivity contribution in [1.29, 1.82) is 0 Å². The maximum absolute atomic E-state index is 2.68. The van der Waals surface area contributed by atoms with E-state index in [1.807, 2.05) is 0 Å². The molecule has 0 aromatic carbocycles. The summed E-state index contributed by atoms with van der Waals surface area (Å²) in [6.45, 7) is 10.6. The molecule has 0 atom stereocenters. The van der Waals surface area contributed by atoms with Crippen molar-refractivity contribution in [3.63, 3.8) is 0 Å². The van der Waals surface area contributed by atoms with Crippen LogP contribution in [0, 0.1) is 0 Å². The number of hydrogen-bond donors (Lipinski definition) is 0. The Morgan fingerprint density at radius 2 is 1.29 bits per heavy atom. The second-order valence-electron chi connectivity index (χ2n) is 6.53. The maximum atomic E-state index is 2.68. The van der Waals surface area contributed by atoms with Gasteiger partial charge in [0.25, 0.3) is 0 Å². The van der Waals surface area contributed by atoms with Gasteiger partial charge in [0.1, 0.15) is 0 Å². The predicted molar refractivity (Wildman–Crippen MR) is 98.3 cm³/mol. The molecule has 0 amide bonds. The fourth-order valence-electron chi connectivity index (χ4n) is 2.60. The molecule has 0 spiro atoms. The van der Waals surface area contributed by atoms with Gasteiger partial charge in [0.05, 0.1) is 0 Å². The van der Waals surface area contributed by atoms with Gasteiger partial charge in [-0.15, -0.1) is 0 Å². The Morgan fingerprint density at radius 3 is 1.71 bits per heavy atom. The quantitative estimate of drug-likeness (QED) is 0.210. The Morgan fingerprint density at radius 1 is 0.810 bits per heavy atom. The molecule has 0 aromatic heterocycles. The minimum atomic E-state index is 1.17. The van der Waals surface area contributed by atoms with Gasteiger partial charge in [0.2, 0.25) is 0 Å². The molecule has 120 valence electrons. The van der Waals surface area contributed by atoms with Gasteiger partial charge in [-0.05, 0) is 0 Å². The molecule has 0 N–H and O–H groups in total. The number of unbranched alkanes of at least 4 members (excludes halogenated alkanes) is 8. The fraction of sp³-hybridized carbons (Fsp3) is 0.895. The fourth-order valence-corrected chi connectivity index (χ4v) is 2.60. The summed E-state index contributed by atoms with van der Waals surface area (Å²) in [5.41, 5.74) is 1.54. The van der Waals surface area contributed by atoms with Crippen molar-refractivity contribution in [3.05, 3.63) is 11.6 Å². The number of nitrogens with zero attached hydrogens (tertiary/aromatic N) is 1. The molecule has 0 unspecified atom stereocenters. The van der Waals surface area contributed by atoms with Crippen LogP contribution in [0.5, 0.6) is 0 Å². The number of allylic oxidation sites excluding steroid dienone is 1. The summed E-state index contributed by atoms with van der Waals surface area (Å²) in [6.07, 6.45) is 16.4. The van der Waals surface area contributed by atoms with Crippen LogP contribution in [0.15, 0.2) is 11.6 Å². The Hall–Kier alpha value is 0.297. The van der Waals surface area contributed by atoms with E-state index < -0.39 is 0 Å². The van der Waals surface area contributed by atoms with E-state index in [0.717, 1.165) is 0 Å². The van der Waals surface area contributed by atoms with E-state index in [9.17, 15) is 0 Å². The van der Waals surface area contributed by atoms with E-state index >= 15 is 0 Å². The SMILES string of the molecule is [Li][CH2]C(C)=CCN(CCCCCCC)CCCCCCC. The van der Waals surface area contributed by atoms with Gasteiger partial charge in [-0.2, -0.15) is 0 Å². The first-order chi connectivity index (χ1) is 10.2. The average Bonchev–Trinajstić information content (AvgIpc) is 2.50. The summed E-state index contributed by atoms with van der Waals surface area (Å²) in [5, 5.41) is 1.20. The van der Waals surface area contributed by atoms with Crippen LogP contribution in [-0.2, 0) is 0 Å². The van der Waals surface area contributed by atoms with Crippen molar-refractivity contribution in [2.45, 2.75) is 90.1 Å². The summed E-state index contributed by atoms with van der Waals surface area (Å²) in [4.78, 5) is 2.68. The van der Waals surface area contributed by atoms with Crippen molar-refractivity contribution in [2.24, 2.45) is 0 Å². The normalized spacial score (nSPS) is 12.4. The first-order valence-electron chi connectivity index (χ1n) is 9.62. The van der Waals surface area contributed by atoms with Gasteiger partial charge in [0, 0.05) is 0 Å². The monoisotopic (exact) mass is 287 g/mol. The molecular formula is C19H38LiN. The first kappa shape index (κ1) is 21.3. The van der Waals surface area contributed by atoms with Gasteiger partial charge in [0.15, 0.2) is 0 Å². The van der Waals surface area contributed by atoms with Crippen LogP contribution in [0.2, 0.25) is 5.09 Å². The van der Waals surface area contributed by atoms with Crippen molar-refractivity contribution in [2.75, 3.05) is 19.6 Å². The van der Waals surface area contributed by atoms with Gasteiger partial charge in [-0.3, -0.25) is 0 Å². The van der Waals surface area contributed by atoms with Crippen molar-refractivity contribution in [3.8, 4) is 0 Å². The molecule has 0 rings (SSSR count). The first-order valence-corrected chi connectivity index (χ1v) is 9.62. The molecule has 0 aromatic rings. The van der Waals surface area contributed by atoms with Crippen LogP contribution in [0.3, 0.4) is 0 Å². The molecule has 1 nitrogen and oxygen atoms in total. The minimum absolute atomic E-state index is 1.17. The van der Waals surface area contributed by atoms with E-state index in [4.69, 9.17) is 0 Å². The van der Waals surface area contributed by atoms with Crippen molar-refractivity contribution >= 4 is 17.7 Å². The Balaban J connectivity index is 3.91. The summed E-state index contributed by atoms with van der Waals surface area (Å²) in [7, 11) is 0. The molecular weight excluding hydrogens is 249 g/mol. The van der Waals surface area contributed by atoms with E-state index in [0.29, 0.717) is 0 Å². The summed E-state index contributed by atoms with van der Waals surface area (Å²) >= 11 is 2.26. The third kappa shape index (κ3) is 15.0. The molecule has 0 radical (unpaired) electrons. The van der Waals surface area contributed by atoms with Crippen LogP contribution in [0.4, 0.5) is 0 Å². The van der Waals surface area contributed by atoms with Crippen LogP contribution >= 0.6 is 0 Å². The zero-order chi connectivity index (χ0) is 15.8. The van der Waals surface area contributed by atoms with Crippen molar-refractivity contribution in [1.82, 2.24) is 4.90 Å². The van der Waals surface area contributed by atoms with Gasteiger partial charge in [-0.1, -0.05) is 0 Å². The van der Waals surface area contributed by atoms with Crippen LogP contribution in [-0.4, -0.2) is 42.2 Å². The summed E-state index contributed by atoms with van der Waals surface area (Å²) < 4.78 is 0. The molecule has 0 bridgehead atoms. The molecule has 0 aliphatic rings. The number of hydrogen-bond acceptors (Lipinski definition) is 1. The molecule has 0 aliphatic heterocycles. The summed E-state index contributed by atoms with van der Waals surface area (Å²) in [5.74, 6) is 0. The molecule has 0 heterocycles. The summed E-state index contributed by atoms with van der Waals surface area (Å²) in [6, 6.07) is 0. The number of rotatable bonds is 15. The predicted octanol–water partition coefficient (Wildman–Crippen LogP) is 5.76. The molecule has 2 heteroatoms. The van der Waals surface area contributed by atoms with Gasteiger partial charge < -0.3 is 0 Å². The zero-order valence-corrected chi connectivity index (χ0v) is 15.4. The topological polar surface area (TPSA) is 3.24 Å². The second-order valence-corrected chi connectivity index (χ2v) is 6.53. The van der Waals surface area contributed by atoms with E-state index in [1.54, 1.807) is 0 Å². The van der Waals surface area contributed by atoms with Gasteiger partial charge >= 0.3 is 144 Å². The Labute approximate surface area is 144 Å². The third-order valence-electron chi connectivity index (χ3n) is 4.41. The van der Waals surface area contributed by atoms with E-state index in [-0.39, 0.29) is 0 Å². The third-order valence-corrected chi connectivity index (χ3v) is 4.41. The molecule has 0 fully saturated rings. The van der Waals surface area contributed by atoms with Crippen LogP contribution < -0.4 is 0 Å². The second kappa shape index (κ2) is 16.7. The zero-order valence-electron chi connectivity index (χ0n) is 15.4. The molecule has 0 saturated carbocycles. The van der Waals surface area contributed by atoms with Gasteiger partial charge in [-0.25, -0.2) is 0 Å². The standard InChI is InChI=1S/C19H38N.Li/c1-5-7-9-11-13-16-20(18-15-19(3)4)17-14-12-10-8-6-2;/h15H,3,5-14,16-18H2,1-2,4H3;. The Bertz CT molecular complexity index is 224. The van der Waals surface area contributed by atoms with Crippen LogP contribution in [0.1, 0.15) is 85.0 Å². The molecule has 0 saturated heterocycles. The molecule has 0 aliphatic carbocycles. The Kier molecular flexibility index (Phi) is 16.9. The average molecular weight is 287 g/mol. The molecule has 21 heavy (non-hydrogen) atoms. The van der Waals surface area contributed by atoms with E-state index in [2.05, 4.69) is 49.5 Å². The van der Waals surface area contributed by atoms with Crippen molar-refractivity contribution < 1.29 is 0 Å². The van der Waals surface area contributed by atoms with Crippen LogP contribution in [0.25, 0.3) is 0 Å². The van der Waals surface area contributed by atoms with E-state index in [1.165, 1.54) is 94.5 Å².